The molecule has 1 atom stereocenters. The molecule has 15 heteroatoms. The van der Waals surface area contributed by atoms with Gasteiger partial charge in [-0.2, -0.15) is 12.7 Å². The molecular weight excluding hydrogens is 487 g/mol. The number of nitrogens with one attached hydrogen (secondary N) is 3. The number of halogens is 3. The van der Waals surface area contributed by atoms with Crippen molar-refractivity contribution in [1.82, 2.24) is 18.3 Å². The number of amides is 1. The van der Waals surface area contributed by atoms with Crippen LogP contribution in [0.2, 0.25) is 0 Å². The molecule has 1 aromatic heterocycles. The van der Waals surface area contributed by atoms with E-state index >= 15 is 4.39 Å². The molecule has 2 heterocycles. The van der Waals surface area contributed by atoms with E-state index in [4.69, 9.17) is 0 Å². The fourth-order valence-electron chi connectivity index (χ4n) is 3.45. The second-order valence-electron chi connectivity index (χ2n) is 7.38. The molecule has 1 aliphatic rings. The molecule has 1 aliphatic heterocycles. The van der Waals surface area contributed by atoms with Crippen molar-refractivity contribution < 1.29 is 34.8 Å². The van der Waals surface area contributed by atoms with Crippen molar-refractivity contribution in [2.75, 3.05) is 25.5 Å². The molecule has 1 unspecified atom stereocenters. The zero-order chi connectivity index (χ0) is 24.6. The highest BCUT2D eigenvalue weighted by molar-refractivity contribution is 7.89. The summed E-state index contributed by atoms with van der Waals surface area (Å²) in [5.74, 6) is -4.79. The van der Waals surface area contributed by atoms with E-state index in [0.717, 1.165) is 27.2 Å². The molecule has 1 saturated heterocycles. The first-order valence-electron chi connectivity index (χ1n) is 9.68. The highest BCUT2D eigenvalue weighted by Crippen LogP contribution is 2.23. The predicted octanol–water partition coefficient (Wildman–Crippen LogP) is 0.902. The molecule has 0 radical (unpaired) electrons. The second-order valence-corrected chi connectivity index (χ2v) is 10.9. The van der Waals surface area contributed by atoms with Gasteiger partial charge in [0.2, 0.25) is 10.0 Å². The summed E-state index contributed by atoms with van der Waals surface area (Å²) >= 11 is 0. The minimum absolute atomic E-state index is 0.152. The van der Waals surface area contributed by atoms with E-state index in [1.807, 2.05) is 0 Å². The third-order valence-electron chi connectivity index (χ3n) is 5.07. The van der Waals surface area contributed by atoms with Crippen molar-refractivity contribution in [3.8, 4) is 0 Å². The van der Waals surface area contributed by atoms with Crippen molar-refractivity contribution in [1.29, 1.82) is 0 Å². The third-order valence-corrected chi connectivity index (χ3v) is 8.11. The van der Waals surface area contributed by atoms with E-state index in [1.54, 1.807) is 0 Å². The monoisotopic (exact) mass is 509 g/mol. The van der Waals surface area contributed by atoms with Gasteiger partial charge in [-0.05, 0) is 25.0 Å². The lowest BCUT2D eigenvalue weighted by molar-refractivity contribution is 0.101. The zero-order valence-electron chi connectivity index (χ0n) is 17.6. The number of aromatic nitrogens is 1. The van der Waals surface area contributed by atoms with Crippen LogP contribution in [0.1, 0.15) is 23.3 Å². The van der Waals surface area contributed by atoms with Crippen molar-refractivity contribution in [3.05, 3.63) is 47.5 Å². The van der Waals surface area contributed by atoms with Crippen LogP contribution in [0.5, 0.6) is 0 Å². The van der Waals surface area contributed by atoms with Crippen LogP contribution in [0.15, 0.2) is 29.3 Å². The topological polar surface area (TPSA) is 130 Å². The number of hydrogen-bond acceptors (Lipinski definition) is 5. The third kappa shape index (κ3) is 5.38. The SMILES string of the molecule is CNS(=O)(=O)N1CCCC(NS(=O)(=O)c2cn(C)c(C(=O)Nc3ccc(F)c(F)c3)c2F)C1. The van der Waals surface area contributed by atoms with Crippen LogP contribution >= 0.6 is 0 Å². The summed E-state index contributed by atoms with van der Waals surface area (Å²) in [4.78, 5) is 11.7. The number of rotatable bonds is 7. The molecule has 0 aliphatic carbocycles. The minimum atomic E-state index is -4.46. The Hall–Kier alpha value is -2.46. The fourth-order valence-corrected chi connectivity index (χ4v) is 5.84. The zero-order valence-corrected chi connectivity index (χ0v) is 19.2. The van der Waals surface area contributed by atoms with E-state index in [2.05, 4.69) is 14.8 Å². The fraction of sp³-hybridized carbons (Fsp3) is 0.389. The lowest BCUT2D eigenvalue weighted by Crippen LogP contribution is -2.51. The van der Waals surface area contributed by atoms with Gasteiger partial charge in [0, 0.05) is 51.2 Å². The number of sulfonamides is 1. The average molecular weight is 510 g/mol. The maximum absolute atomic E-state index is 15.0. The number of nitrogens with zero attached hydrogens (tertiary/aromatic N) is 2. The first-order chi connectivity index (χ1) is 15.4. The molecule has 1 amide bonds. The van der Waals surface area contributed by atoms with Crippen LogP contribution < -0.4 is 14.8 Å². The van der Waals surface area contributed by atoms with Gasteiger partial charge < -0.3 is 9.88 Å². The Balaban J connectivity index is 1.81. The highest BCUT2D eigenvalue weighted by Gasteiger charge is 2.34. The van der Waals surface area contributed by atoms with Gasteiger partial charge in [0.25, 0.3) is 16.1 Å². The molecule has 3 N–H and O–H groups in total. The molecule has 0 saturated carbocycles. The predicted molar refractivity (Wildman–Crippen MR) is 113 cm³/mol. The van der Waals surface area contributed by atoms with Crippen molar-refractivity contribution >= 4 is 31.8 Å². The van der Waals surface area contributed by atoms with E-state index < -0.39 is 60.2 Å². The number of benzene rings is 1. The summed E-state index contributed by atoms with van der Waals surface area (Å²) in [7, 11) is -5.76. The van der Waals surface area contributed by atoms with Gasteiger partial charge >= 0.3 is 0 Å². The smallest absolute Gasteiger partial charge is 0.279 e. The number of carbonyl (C=O) groups is 1. The Bertz CT molecular complexity index is 1280. The number of anilines is 1. The number of carbonyl (C=O) groups excluding carboxylic acids is 1. The number of piperidine rings is 1. The summed E-state index contributed by atoms with van der Waals surface area (Å²) in [5, 5.41) is 2.18. The van der Waals surface area contributed by atoms with Crippen LogP contribution in [0.4, 0.5) is 18.9 Å². The first-order valence-corrected chi connectivity index (χ1v) is 12.6. The molecular formula is C18H22F3N5O5S2. The maximum atomic E-state index is 15.0. The van der Waals surface area contributed by atoms with E-state index in [9.17, 15) is 30.4 Å². The van der Waals surface area contributed by atoms with Gasteiger partial charge in [0.15, 0.2) is 17.5 Å². The van der Waals surface area contributed by atoms with Gasteiger partial charge in [-0.15, -0.1) is 0 Å². The maximum Gasteiger partial charge on any atom is 0.279 e. The molecule has 1 aromatic carbocycles. The van der Waals surface area contributed by atoms with E-state index in [1.165, 1.54) is 14.1 Å². The lowest BCUT2D eigenvalue weighted by Gasteiger charge is -2.31. The van der Waals surface area contributed by atoms with Gasteiger partial charge in [0.1, 0.15) is 10.6 Å². The normalized spacial score (nSPS) is 17.8. The van der Waals surface area contributed by atoms with Gasteiger partial charge in [-0.1, -0.05) is 0 Å². The Morgan fingerprint density at radius 2 is 1.82 bits per heavy atom. The molecule has 2 aromatic rings. The standard InChI is InChI=1S/C18H22F3N5O5S2/c1-22-33(30,31)26-7-3-4-12(9-26)24-32(28,29)15-10-25(2)17(16(15)21)18(27)23-11-5-6-13(19)14(20)8-11/h5-6,8,10,12,22,24H,3-4,7,9H2,1-2H3,(H,23,27). The van der Waals surface area contributed by atoms with Gasteiger partial charge in [0.05, 0.1) is 0 Å². The molecule has 0 spiro atoms. The molecule has 10 nitrogen and oxygen atoms in total. The molecule has 1 fully saturated rings. The van der Waals surface area contributed by atoms with Crippen LogP contribution in [0, 0.1) is 17.5 Å². The highest BCUT2D eigenvalue weighted by atomic mass is 32.2. The Labute approximate surface area is 189 Å². The summed E-state index contributed by atoms with van der Waals surface area (Å²) < 4.78 is 97.5. The molecule has 3 rings (SSSR count). The Morgan fingerprint density at radius 3 is 2.45 bits per heavy atom. The summed E-state index contributed by atoms with van der Waals surface area (Å²) in [5.41, 5.74) is -0.807. The summed E-state index contributed by atoms with van der Waals surface area (Å²) in [6.45, 7) is 0.0513. The van der Waals surface area contributed by atoms with Crippen LogP contribution in [0.3, 0.4) is 0 Å². The number of hydrogen-bond donors (Lipinski definition) is 3. The average Bonchev–Trinajstić information content (AvgIpc) is 3.05. The Kier molecular flexibility index (Phi) is 7.18. The van der Waals surface area contributed by atoms with E-state index in [0.29, 0.717) is 18.9 Å². The van der Waals surface area contributed by atoms with Gasteiger partial charge in [-0.3, -0.25) is 4.79 Å². The van der Waals surface area contributed by atoms with Crippen molar-refractivity contribution in [3.63, 3.8) is 0 Å². The molecule has 33 heavy (non-hydrogen) atoms. The van der Waals surface area contributed by atoms with Crippen LogP contribution in [-0.4, -0.2) is 57.8 Å². The van der Waals surface area contributed by atoms with Crippen LogP contribution in [-0.2, 0) is 27.3 Å². The first kappa shape index (κ1) is 25.2. The van der Waals surface area contributed by atoms with E-state index in [-0.39, 0.29) is 18.8 Å². The number of aryl methyl sites for hydroxylation is 1. The molecule has 0 bridgehead atoms. The largest absolute Gasteiger partial charge is 0.343 e. The lowest BCUT2D eigenvalue weighted by atomic mass is 10.1. The van der Waals surface area contributed by atoms with Crippen LogP contribution in [0.25, 0.3) is 0 Å². The summed E-state index contributed by atoms with van der Waals surface area (Å²) in [6, 6.07) is 1.71. The molecule has 182 valence electrons. The Morgan fingerprint density at radius 1 is 1.12 bits per heavy atom. The summed E-state index contributed by atoms with van der Waals surface area (Å²) in [6.07, 6.45) is 1.60. The van der Waals surface area contributed by atoms with Crippen molar-refractivity contribution in [2.24, 2.45) is 7.05 Å². The quantitative estimate of drug-likeness (QED) is 0.511. The minimum Gasteiger partial charge on any atom is -0.343 e. The van der Waals surface area contributed by atoms with Crippen molar-refractivity contribution in [2.45, 2.75) is 23.8 Å². The second kappa shape index (κ2) is 9.42. The van der Waals surface area contributed by atoms with Gasteiger partial charge in [-0.25, -0.2) is 31.0 Å².